The maximum absolute atomic E-state index is 11.3. The minimum absolute atomic E-state index is 0.0510. The van der Waals surface area contributed by atoms with Crippen molar-refractivity contribution in [3.8, 4) is 11.8 Å². The number of hydrogen-bond donors (Lipinski definition) is 1. The van der Waals surface area contributed by atoms with Crippen molar-refractivity contribution < 1.29 is 9.53 Å². The first-order valence-corrected chi connectivity index (χ1v) is 6.75. The summed E-state index contributed by atoms with van der Waals surface area (Å²) < 4.78 is 5.63. The van der Waals surface area contributed by atoms with Gasteiger partial charge in [0.25, 0.3) is 0 Å². The van der Waals surface area contributed by atoms with Gasteiger partial charge in [-0.3, -0.25) is 9.69 Å². The van der Waals surface area contributed by atoms with E-state index < -0.39 is 0 Å². The number of carbonyl (C=O) groups is 1. The van der Waals surface area contributed by atoms with Gasteiger partial charge in [0, 0.05) is 19.6 Å². The molecule has 5 heteroatoms. The Morgan fingerprint density at radius 2 is 2.15 bits per heavy atom. The molecule has 5 nitrogen and oxygen atoms in total. The van der Waals surface area contributed by atoms with E-state index in [0.717, 1.165) is 18.8 Å². The third-order valence-electron chi connectivity index (χ3n) is 3.71. The molecular weight excluding hydrogens is 254 g/mol. The van der Waals surface area contributed by atoms with Crippen LogP contribution < -0.4 is 10.5 Å². The standard InChI is InChI=1S/C15H19N3O2/c1-11-9-18(10-14(11)15(17)19)6-7-20-13-4-2-12(8-16)3-5-13/h2-5,11,14H,6-7,9-10H2,1H3,(H2,17,19)/t11-,14-/m1/s1. The van der Waals surface area contributed by atoms with Crippen LogP contribution in [0.15, 0.2) is 24.3 Å². The Kier molecular flexibility index (Phi) is 4.59. The van der Waals surface area contributed by atoms with Crippen LogP contribution in [0.1, 0.15) is 12.5 Å². The van der Waals surface area contributed by atoms with Crippen molar-refractivity contribution in [1.29, 1.82) is 5.26 Å². The molecule has 2 rings (SSSR count). The first-order valence-electron chi connectivity index (χ1n) is 6.75. The van der Waals surface area contributed by atoms with E-state index in [9.17, 15) is 4.79 Å². The molecule has 0 unspecified atom stereocenters. The second-order valence-corrected chi connectivity index (χ2v) is 5.23. The van der Waals surface area contributed by atoms with Gasteiger partial charge < -0.3 is 10.5 Å². The van der Waals surface area contributed by atoms with Crippen LogP contribution in [-0.4, -0.2) is 37.0 Å². The second-order valence-electron chi connectivity index (χ2n) is 5.23. The number of nitrogens with zero attached hydrogens (tertiary/aromatic N) is 2. The highest BCUT2D eigenvalue weighted by Crippen LogP contribution is 2.22. The SMILES string of the molecule is C[C@@H]1CN(CCOc2ccc(C#N)cc2)C[C@H]1C(N)=O. The highest BCUT2D eigenvalue weighted by atomic mass is 16.5. The minimum atomic E-state index is -0.215. The number of nitrogens with two attached hydrogens (primary N) is 1. The van der Waals surface area contributed by atoms with Crippen LogP contribution in [0.3, 0.4) is 0 Å². The van der Waals surface area contributed by atoms with Gasteiger partial charge in [0.15, 0.2) is 0 Å². The smallest absolute Gasteiger partial charge is 0.222 e. The predicted octanol–water partition coefficient (Wildman–Crippen LogP) is 0.990. The molecule has 1 heterocycles. The molecule has 1 aliphatic rings. The topological polar surface area (TPSA) is 79.3 Å². The highest BCUT2D eigenvalue weighted by Gasteiger charge is 2.32. The fourth-order valence-electron chi connectivity index (χ4n) is 2.54. The first kappa shape index (κ1) is 14.4. The van der Waals surface area contributed by atoms with Gasteiger partial charge >= 0.3 is 0 Å². The van der Waals surface area contributed by atoms with Crippen molar-refractivity contribution in [3.05, 3.63) is 29.8 Å². The lowest BCUT2D eigenvalue weighted by atomic mass is 9.98. The average Bonchev–Trinajstić information content (AvgIpc) is 2.81. The monoisotopic (exact) mass is 273 g/mol. The zero-order valence-corrected chi connectivity index (χ0v) is 11.6. The molecule has 1 amide bonds. The number of benzene rings is 1. The van der Waals surface area contributed by atoms with E-state index in [-0.39, 0.29) is 11.8 Å². The van der Waals surface area contributed by atoms with Crippen LogP contribution in [0.5, 0.6) is 5.75 Å². The second kappa shape index (κ2) is 6.40. The maximum Gasteiger partial charge on any atom is 0.222 e. The van der Waals surface area contributed by atoms with Crippen molar-refractivity contribution in [2.45, 2.75) is 6.92 Å². The van der Waals surface area contributed by atoms with Crippen molar-refractivity contribution in [3.63, 3.8) is 0 Å². The molecule has 1 fully saturated rings. The lowest BCUT2D eigenvalue weighted by molar-refractivity contribution is -0.122. The van der Waals surface area contributed by atoms with Crippen molar-refractivity contribution in [2.24, 2.45) is 17.6 Å². The van der Waals surface area contributed by atoms with E-state index in [1.165, 1.54) is 0 Å². The summed E-state index contributed by atoms with van der Waals surface area (Å²) in [5, 5.41) is 8.71. The minimum Gasteiger partial charge on any atom is -0.492 e. The van der Waals surface area contributed by atoms with Crippen molar-refractivity contribution in [2.75, 3.05) is 26.2 Å². The summed E-state index contributed by atoms with van der Waals surface area (Å²) in [5.74, 6) is 0.794. The molecule has 1 aromatic carbocycles. The number of rotatable bonds is 5. The molecule has 0 spiro atoms. The van der Waals surface area contributed by atoms with Gasteiger partial charge in [-0.2, -0.15) is 5.26 Å². The summed E-state index contributed by atoms with van der Waals surface area (Å²) in [6.07, 6.45) is 0. The molecule has 106 valence electrons. The predicted molar refractivity (Wildman–Crippen MR) is 74.9 cm³/mol. The molecular formula is C15H19N3O2. The van der Waals surface area contributed by atoms with Gasteiger partial charge in [-0.1, -0.05) is 6.92 Å². The Bertz CT molecular complexity index is 507. The quantitative estimate of drug-likeness (QED) is 0.867. The molecule has 1 aromatic rings. The third kappa shape index (κ3) is 3.49. The molecule has 0 aliphatic carbocycles. The molecule has 0 saturated carbocycles. The molecule has 2 atom stereocenters. The number of ether oxygens (including phenoxy) is 1. The van der Waals surface area contributed by atoms with Gasteiger partial charge in [-0.05, 0) is 30.2 Å². The normalized spacial score (nSPS) is 22.4. The fraction of sp³-hybridized carbons (Fsp3) is 0.467. The molecule has 1 saturated heterocycles. The van der Waals surface area contributed by atoms with Crippen molar-refractivity contribution in [1.82, 2.24) is 4.90 Å². The van der Waals surface area contributed by atoms with E-state index >= 15 is 0 Å². The lowest BCUT2D eigenvalue weighted by Crippen LogP contribution is -2.30. The van der Waals surface area contributed by atoms with E-state index in [4.69, 9.17) is 15.7 Å². The van der Waals surface area contributed by atoms with Crippen LogP contribution >= 0.6 is 0 Å². The largest absolute Gasteiger partial charge is 0.492 e. The Morgan fingerprint density at radius 1 is 1.45 bits per heavy atom. The Balaban J connectivity index is 1.76. The van der Waals surface area contributed by atoms with Gasteiger partial charge in [-0.15, -0.1) is 0 Å². The van der Waals surface area contributed by atoms with Gasteiger partial charge in [0.1, 0.15) is 12.4 Å². The van der Waals surface area contributed by atoms with Crippen LogP contribution in [0.4, 0.5) is 0 Å². The first-order chi connectivity index (χ1) is 9.60. The molecule has 0 aromatic heterocycles. The molecule has 0 radical (unpaired) electrons. The lowest BCUT2D eigenvalue weighted by Gasteiger charge is -2.15. The number of nitriles is 1. The molecule has 1 aliphatic heterocycles. The van der Waals surface area contributed by atoms with E-state index in [2.05, 4.69) is 17.9 Å². The van der Waals surface area contributed by atoms with E-state index in [1.54, 1.807) is 24.3 Å². The fourth-order valence-corrected chi connectivity index (χ4v) is 2.54. The number of amides is 1. The van der Waals surface area contributed by atoms with Gasteiger partial charge in [0.05, 0.1) is 17.6 Å². The summed E-state index contributed by atoms with van der Waals surface area (Å²) in [7, 11) is 0. The van der Waals surface area contributed by atoms with Crippen LogP contribution in [-0.2, 0) is 4.79 Å². The number of hydrogen-bond acceptors (Lipinski definition) is 4. The average molecular weight is 273 g/mol. The zero-order valence-electron chi connectivity index (χ0n) is 11.6. The maximum atomic E-state index is 11.3. The summed E-state index contributed by atoms with van der Waals surface area (Å²) in [5.41, 5.74) is 5.99. The number of likely N-dealkylation sites (tertiary alicyclic amines) is 1. The highest BCUT2D eigenvalue weighted by molar-refractivity contribution is 5.77. The van der Waals surface area contributed by atoms with E-state index in [1.807, 2.05) is 0 Å². The molecule has 0 bridgehead atoms. The van der Waals surface area contributed by atoms with Gasteiger partial charge in [-0.25, -0.2) is 0 Å². The zero-order chi connectivity index (χ0) is 14.5. The van der Waals surface area contributed by atoms with Crippen LogP contribution in [0.25, 0.3) is 0 Å². The molecule has 2 N–H and O–H groups in total. The molecule has 20 heavy (non-hydrogen) atoms. The Labute approximate surface area is 118 Å². The Morgan fingerprint density at radius 3 is 2.70 bits per heavy atom. The third-order valence-corrected chi connectivity index (χ3v) is 3.71. The summed E-state index contributed by atoms with van der Waals surface area (Å²) >= 11 is 0. The Hall–Kier alpha value is -2.06. The van der Waals surface area contributed by atoms with Crippen LogP contribution in [0.2, 0.25) is 0 Å². The number of primary amides is 1. The van der Waals surface area contributed by atoms with Gasteiger partial charge in [0.2, 0.25) is 5.91 Å². The van der Waals surface area contributed by atoms with Crippen LogP contribution in [0, 0.1) is 23.2 Å². The van der Waals surface area contributed by atoms with Crippen molar-refractivity contribution >= 4 is 5.91 Å². The summed E-state index contributed by atoms with van der Waals surface area (Å²) in [4.78, 5) is 13.4. The number of carbonyl (C=O) groups excluding carboxylic acids is 1. The summed E-state index contributed by atoms with van der Waals surface area (Å²) in [6, 6.07) is 9.11. The van der Waals surface area contributed by atoms with E-state index in [0.29, 0.717) is 24.6 Å². The summed E-state index contributed by atoms with van der Waals surface area (Å²) in [6.45, 7) is 4.98.